The normalized spacial score (nSPS) is 11.9. The largest absolute Gasteiger partial charge is 0.449 e. The van der Waals surface area contributed by atoms with Crippen molar-refractivity contribution in [1.29, 1.82) is 0 Å². The van der Waals surface area contributed by atoms with Gasteiger partial charge in [-0.2, -0.15) is 11.8 Å². The standard InChI is InChI=1S/C12H14ClNO3S/c1-18-6-5-10(11(14)15)17-12(16)8-3-2-4-9(13)7-8/h2-4,7,10H,5-6H2,1H3,(H2,14,15). The number of amides is 1. The molecule has 0 fully saturated rings. The summed E-state index contributed by atoms with van der Waals surface area (Å²) in [4.78, 5) is 22.9. The highest BCUT2D eigenvalue weighted by Gasteiger charge is 2.20. The molecular weight excluding hydrogens is 274 g/mol. The fourth-order valence-corrected chi connectivity index (χ4v) is 1.94. The summed E-state index contributed by atoms with van der Waals surface area (Å²) in [5.74, 6) is -0.544. The van der Waals surface area contributed by atoms with E-state index in [-0.39, 0.29) is 0 Å². The van der Waals surface area contributed by atoms with Crippen LogP contribution in [0.4, 0.5) is 0 Å². The molecule has 1 amide bonds. The van der Waals surface area contributed by atoms with Crippen LogP contribution < -0.4 is 5.73 Å². The van der Waals surface area contributed by atoms with Crippen LogP contribution in [0.1, 0.15) is 16.8 Å². The van der Waals surface area contributed by atoms with E-state index in [0.29, 0.717) is 22.8 Å². The molecule has 0 aliphatic heterocycles. The molecule has 4 nitrogen and oxygen atoms in total. The third-order valence-electron chi connectivity index (χ3n) is 2.21. The number of benzene rings is 1. The lowest BCUT2D eigenvalue weighted by Crippen LogP contribution is -2.33. The molecule has 0 spiro atoms. The molecular formula is C12H14ClNO3S. The summed E-state index contributed by atoms with van der Waals surface area (Å²) in [6.07, 6.45) is 1.41. The van der Waals surface area contributed by atoms with Gasteiger partial charge in [0.1, 0.15) is 0 Å². The monoisotopic (exact) mass is 287 g/mol. The number of halogens is 1. The van der Waals surface area contributed by atoms with Crippen LogP contribution in [0.2, 0.25) is 5.02 Å². The van der Waals surface area contributed by atoms with Gasteiger partial charge in [0.25, 0.3) is 5.91 Å². The highest BCUT2D eigenvalue weighted by atomic mass is 35.5. The molecule has 1 aromatic carbocycles. The second kappa shape index (κ2) is 7.28. The molecule has 0 aliphatic rings. The maximum atomic E-state index is 11.8. The molecule has 6 heteroatoms. The summed E-state index contributed by atoms with van der Waals surface area (Å²) in [7, 11) is 0. The van der Waals surface area contributed by atoms with Crippen molar-refractivity contribution >= 4 is 35.2 Å². The predicted molar refractivity (Wildman–Crippen MR) is 72.8 cm³/mol. The number of nitrogens with two attached hydrogens (primary N) is 1. The molecule has 1 unspecified atom stereocenters. The van der Waals surface area contributed by atoms with Crippen molar-refractivity contribution in [3.63, 3.8) is 0 Å². The van der Waals surface area contributed by atoms with E-state index in [0.717, 1.165) is 0 Å². The highest BCUT2D eigenvalue weighted by Crippen LogP contribution is 2.13. The number of thioether (sulfide) groups is 1. The quantitative estimate of drug-likeness (QED) is 0.814. The van der Waals surface area contributed by atoms with Gasteiger partial charge in [-0.3, -0.25) is 4.79 Å². The van der Waals surface area contributed by atoms with Crippen molar-refractivity contribution in [2.45, 2.75) is 12.5 Å². The number of carbonyl (C=O) groups is 2. The number of esters is 1. The zero-order chi connectivity index (χ0) is 13.5. The number of primary amides is 1. The Hall–Kier alpha value is -1.20. The first kappa shape index (κ1) is 14.9. The van der Waals surface area contributed by atoms with E-state index in [1.807, 2.05) is 6.26 Å². The molecule has 0 heterocycles. The van der Waals surface area contributed by atoms with Gasteiger partial charge in [-0.15, -0.1) is 0 Å². The summed E-state index contributed by atoms with van der Waals surface area (Å²) < 4.78 is 5.07. The van der Waals surface area contributed by atoms with E-state index in [2.05, 4.69) is 0 Å². The van der Waals surface area contributed by atoms with Crippen molar-refractivity contribution < 1.29 is 14.3 Å². The molecule has 0 saturated carbocycles. The van der Waals surface area contributed by atoms with Crippen LogP contribution in [0.5, 0.6) is 0 Å². The third-order valence-corrected chi connectivity index (χ3v) is 3.09. The molecule has 98 valence electrons. The van der Waals surface area contributed by atoms with E-state index in [1.54, 1.807) is 30.0 Å². The Bertz CT molecular complexity index is 439. The first-order valence-corrected chi connectivity index (χ1v) is 7.06. The Kier molecular flexibility index (Phi) is 6.01. The first-order valence-electron chi connectivity index (χ1n) is 5.29. The van der Waals surface area contributed by atoms with Crippen molar-refractivity contribution in [2.24, 2.45) is 5.73 Å². The minimum Gasteiger partial charge on any atom is -0.449 e. The Morgan fingerprint density at radius 1 is 1.50 bits per heavy atom. The number of hydrogen-bond donors (Lipinski definition) is 1. The smallest absolute Gasteiger partial charge is 0.338 e. The van der Waals surface area contributed by atoms with Gasteiger partial charge in [0.05, 0.1) is 5.56 Å². The minimum absolute atomic E-state index is 0.304. The average molecular weight is 288 g/mol. The van der Waals surface area contributed by atoms with Crippen LogP contribution in [-0.4, -0.2) is 30.0 Å². The molecule has 0 bridgehead atoms. The molecule has 1 atom stereocenters. The van der Waals surface area contributed by atoms with Crippen molar-refractivity contribution in [1.82, 2.24) is 0 Å². The molecule has 2 N–H and O–H groups in total. The lowest BCUT2D eigenvalue weighted by molar-refractivity contribution is -0.126. The molecule has 0 radical (unpaired) electrons. The predicted octanol–water partition coefficient (Wildman–Crippen LogP) is 2.10. The number of ether oxygens (including phenoxy) is 1. The first-order chi connectivity index (χ1) is 8.54. The van der Waals surface area contributed by atoms with Crippen LogP contribution in [0, 0.1) is 0 Å². The van der Waals surface area contributed by atoms with Gasteiger partial charge < -0.3 is 10.5 Å². The van der Waals surface area contributed by atoms with E-state index < -0.39 is 18.0 Å². The van der Waals surface area contributed by atoms with Gasteiger partial charge in [0, 0.05) is 11.4 Å². The molecule has 18 heavy (non-hydrogen) atoms. The van der Waals surface area contributed by atoms with Crippen molar-refractivity contribution in [3.05, 3.63) is 34.9 Å². The molecule has 0 aromatic heterocycles. The highest BCUT2D eigenvalue weighted by molar-refractivity contribution is 7.98. The van der Waals surface area contributed by atoms with Crippen LogP contribution in [-0.2, 0) is 9.53 Å². The third kappa shape index (κ3) is 4.58. The topological polar surface area (TPSA) is 69.4 Å². The SMILES string of the molecule is CSCCC(OC(=O)c1cccc(Cl)c1)C(N)=O. The van der Waals surface area contributed by atoms with Crippen LogP contribution in [0.25, 0.3) is 0 Å². The van der Waals surface area contributed by atoms with E-state index in [9.17, 15) is 9.59 Å². The maximum absolute atomic E-state index is 11.8. The lowest BCUT2D eigenvalue weighted by atomic mass is 10.2. The summed E-state index contributed by atoms with van der Waals surface area (Å²) in [5.41, 5.74) is 5.49. The molecule has 0 aliphatic carbocycles. The lowest BCUT2D eigenvalue weighted by Gasteiger charge is -2.14. The Morgan fingerprint density at radius 2 is 2.22 bits per heavy atom. The molecule has 1 aromatic rings. The van der Waals surface area contributed by atoms with Crippen molar-refractivity contribution in [3.8, 4) is 0 Å². The minimum atomic E-state index is -0.899. The molecule has 0 saturated heterocycles. The van der Waals surface area contributed by atoms with Gasteiger partial charge in [-0.25, -0.2) is 4.79 Å². The van der Waals surface area contributed by atoms with E-state index in [1.165, 1.54) is 6.07 Å². The Balaban J connectivity index is 2.69. The summed E-state index contributed by atoms with van der Waals surface area (Å²) >= 11 is 7.32. The van der Waals surface area contributed by atoms with Gasteiger partial charge >= 0.3 is 5.97 Å². The van der Waals surface area contributed by atoms with Crippen LogP contribution in [0.15, 0.2) is 24.3 Å². The second-order valence-electron chi connectivity index (χ2n) is 3.59. The number of rotatable bonds is 6. The molecule has 1 rings (SSSR count). The van der Waals surface area contributed by atoms with Crippen LogP contribution >= 0.6 is 23.4 Å². The number of hydrogen-bond acceptors (Lipinski definition) is 4. The van der Waals surface area contributed by atoms with E-state index >= 15 is 0 Å². The Labute approximate surface area is 115 Å². The summed E-state index contributed by atoms with van der Waals surface area (Å²) in [5, 5.41) is 0.434. The van der Waals surface area contributed by atoms with Gasteiger partial charge in [0.15, 0.2) is 6.10 Å². The van der Waals surface area contributed by atoms with Gasteiger partial charge in [-0.1, -0.05) is 17.7 Å². The number of carbonyl (C=O) groups excluding carboxylic acids is 2. The maximum Gasteiger partial charge on any atom is 0.338 e. The van der Waals surface area contributed by atoms with Crippen LogP contribution in [0.3, 0.4) is 0 Å². The average Bonchev–Trinajstić information content (AvgIpc) is 2.33. The second-order valence-corrected chi connectivity index (χ2v) is 5.01. The van der Waals surface area contributed by atoms with E-state index in [4.69, 9.17) is 22.1 Å². The zero-order valence-corrected chi connectivity index (χ0v) is 11.5. The van der Waals surface area contributed by atoms with Crippen molar-refractivity contribution in [2.75, 3.05) is 12.0 Å². The summed E-state index contributed by atoms with van der Waals surface area (Å²) in [6, 6.07) is 6.34. The van der Waals surface area contributed by atoms with Gasteiger partial charge in [0.2, 0.25) is 0 Å². The fourth-order valence-electron chi connectivity index (χ4n) is 1.30. The fraction of sp³-hybridized carbons (Fsp3) is 0.333. The Morgan fingerprint density at radius 3 is 2.78 bits per heavy atom. The van der Waals surface area contributed by atoms with Gasteiger partial charge in [-0.05, 0) is 30.2 Å². The zero-order valence-electron chi connectivity index (χ0n) is 9.89. The summed E-state index contributed by atoms with van der Waals surface area (Å²) in [6.45, 7) is 0.